The van der Waals surface area contributed by atoms with Gasteiger partial charge in [-0.05, 0) is 59.5 Å². The molecule has 1 saturated heterocycles. The lowest BCUT2D eigenvalue weighted by Crippen LogP contribution is -2.29. The van der Waals surface area contributed by atoms with Gasteiger partial charge in [0.1, 0.15) is 17.1 Å². The van der Waals surface area contributed by atoms with E-state index >= 15 is 0 Å². The fourth-order valence-electron chi connectivity index (χ4n) is 5.87. The van der Waals surface area contributed by atoms with Gasteiger partial charge in [0, 0.05) is 11.9 Å². The number of ketones is 1. The van der Waals surface area contributed by atoms with Crippen LogP contribution in [0.1, 0.15) is 48.3 Å². The van der Waals surface area contributed by atoms with Gasteiger partial charge in [-0.25, -0.2) is 4.98 Å². The van der Waals surface area contributed by atoms with E-state index in [2.05, 4.69) is 46.4 Å². The van der Waals surface area contributed by atoms with E-state index in [9.17, 15) is 14.7 Å². The number of hydrogen-bond acceptors (Lipinski definition) is 9. The maximum Gasteiger partial charge on any atom is 0.301 e. The molecule has 11 heteroatoms. The molecule has 1 unspecified atom stereocenters. The number of aromatic nitrogens is 4. The summed E-state index contributed by atoms with van der Waals surface area (Å²) in [4.78, 5) is 33.5. The van der Waals surface area contributed by atoms with E-state index in [1.54, 1.807) is 17.5 Å². The van der Waals surface area contributed by atoms with Crippen LogP contribution in [0.3, 0.4) is 0 Å². The molecule has 3 aromatic heterocycles. The van der Waals surface area contributed by atoms with E-state index in [4.69, 9.17) is 4.74 Å². The largest absolute Gasteiger partial charge is 0.505 e. The van der Waals surface area contributed by atoms with Crippen molar-refractivity contribution in [3.63, 3.8) is 0 Å². The average molecular weight is 662 g/mol. The van der Waals surface area contributed by atoms with E-state index in [0.717, 1.165) is 23.8 Å². The minimum Gasteiger partial charge on any atom is -0.505 e. The Morgan fingerprint density at radius 1 is 0.979 bits per heavy atom. The van der Waals surface area contributed by atoms with Crippen LogP contribution < -0.4 is 9.64 Å². The van der Waals surface area contributed by atoms with Gasteiger partial charge < -0.3 is 9.84 Å². The van der Waals surface area contributed by atoms with Crippen LogP contribution >= 0.6 is 23.1 Å². The molecule has 1 amide bonds. The van der Waals surface area contributed by atoms with Crippen molar-refractivity contribution in [2.24, 2.45) is 0 Å². The summed E-state index contributed by atoms with van der Waals surface area (Å²) in [5.41, 5.74) is 3.25. The standard InChI is InChI=1S/C36H31N5O4S2/c1-3-4-20-45-26-17-15-24(16-18-26)31-29(32(42)30-22(2)37-28-14-7-8-19-40(28)30)33(43)34(44)41(31)35-38-39-36(47-35)46-21-25-12-9-11-23-10-5-6-13-27(23)25/h5-19,31,42H,3-4,20-21H2,1-2H3. The van der Waals surface area contributed by atoms with Crippen LogP contribution in [0.25, 0.3) is 22.2 Å². The molecule has 3 aromatic carbocycles. The number of carbonyl (C=O) groups is 2. The number of aliphatic hydroxyl groups excluding tert-OH is 1. The van der Waals surface area contributed by atoms with Gasteiger partial charge in [-0.1, -0.05) is 97.1 Å². The smallest absolute Gasteiger partial charge is 0.301 e. The molecule has 47 heavy (non-hydrogen) atoms. The van der Waals surface area contributed by atoms with Crippen LogP contribution in [-0.4, -0.2) is 43.0 Å². The maximum absolute atomic E-state index is 13.8. The summed E-state index contributed by atoms with van der Waals surface area (Å²) < 4.78 is 8.24. The number of amides is 1. The predicted molar refractivity (Wildman–Crippen MR) is 185 cm³/mol. The van der Waals surface area contributed by atoms with Crippen LogP contribution in [0.15, 0.2) is 101 Å². The summed E-state index contributed by atoms with van der Waals surface area (Å²) in [5, 5.41) is 23.2. The van der Waals surface area contributed by atoms with Crippen molar-refractivity contribution in [1.29, 1.82) is 0 Å². The molecule has 1 aliphatic heterocycles. The molecule has 9 nitrogen and oxygen atoms in total. The lowest BCUT2D eigenvalue weighted by Gasteiger charge is -2.22. The van der Waals surface area contributed by atoms with Gasteiger partial charge >= 0.3 is 5.91 Å². The Balaban J connectivity index is 1.27. The first-order valence-corrected chi connectivity index (χ1v) is 17.2. The third-order valence-electron chi connectivity index (χ3n) is 8.17. The molecule has 0 bridgehead atoms. The molecule has 7 rings (SSSR count). The highest BCUT2D eigenvalue weighted by molar-refractivity contribution is 8.00. The van der Waals surface area contributed by atoms with Gasteiger partial charge in [0.05, 0.1) is 23.9 Å². The zero-order valence-corrected chi connectivity index (χ0v) is 27.4. The van der Waals surface area contributed by atoms with Crippen molar-refractivity contribution in [3.8, 4) is 5.75 Å². The number of unbranched alkanes of at least 4 members (excludes halogenated alkanes) is 1. The number of fused-ring (bicyclic) bond motifs is 2. The molecule has 0 saturated carbocycles. The van der Waals surface area contributed by atoms with Gasteiger partial charge in [0.15, 0.2) is 10.1 Å². The third kappa shape index (κ3) is 5.77. The summed E-state index contributed by atoms with van der Waals surface area (Å²) in [7, 11) is 0. The van der Waals surface area contributed by atoms with Crippen molar-refractivity contribution in [2.75, 3.05) is 11.5 Å². The zero-order chi connectivity index (χ0) is 32.5. The molecule has 0 aliphatic carbocycles. The normalized spacial score (nSPS) is 16.0. The number of benzene rings is 3. The Bertz CT molecular complexity index is 2150. The number of aryl methyl sites for hydroxylation is 1. The Labute approximate surface area is 279 Å². The maximum atomic E-state index is 13.8. The fourth-order valence-corrected chi connectivity index (χ4v) is 7.74. The van der Waals surface area contributed by atoms with Crippen LogP contribution in [0.4, 0.5) is 5.13 Å². The number of hydrogen-bond donors (Lipinski definition) is 1. The number of nitrogens with zero attached hydrogens (tertiary/aromatic N) is 5. The minimum atomic E-state index is -0.947. The molecule has 1 N–H and O–H groups in total. The fraction of sp³-hybridized carbons (Fsp3) is 0.194. The molecule has 0 radical (unpaired) electrons. The number of pyridine rings is 1. The number of carbonyl (C=O) groups excluding carboxylic acids is 2. The second-order valence-corrected chi connectivity index (χ2v) is 13.4. The molecule has 4 heterocycles. The Kier molecular flexibility index (Phi) is 8.48. The van der Waals surface area contributed by atoms with E-state index in [-0.39, 0.29) is 16.5 Å². The minimum absolute atomic E-state index is 0.0384. The van der Waals surface area contributed by atoms with E-state index < -0.39 is 17.7 Å². The molecule has 1 aliphatic rings. The second kappa shape index (κ2) is 13.0. The zero-order valence-electron chi connectivity index (χ0n) is 25.8. The summed E-state index contributed by atoms with van der Waals surface area (Å²) in [5.74, 6) is -0.551. The van der Waals surface area contributed by atoms with E-state index in [1.165, 1.54) is 33.4 Å². The van der Waals surface area contributed by atoms with Crippen molar-refractivity contribution < 1.29 is 19.4 Å². The van der Waals surface area contributed by atoms with Crippen LogP contribution in [0.5, 0.6) is 5.75 Å². The monoisotopic (exact) mass is 661 g/mol. The molecule has 0 spiro atoms. The first-order valence-electron chi connectivity index (χ1n) is 15.4. The molecular weight excluding hydrogens is 631 g/mol. The van der Waals surface area contributed by atoms with Crippen LogP contribution in [-0.2, 0) is 15.3 Å². The number of Topliss-reactive ketones (excluding diaryl/α,β-unsaturated/α-hetero) is 1. The Morgan fingerprint density at radius 2 is 1.77 bits per heavy atom. The SMILES string of the molecule is CCCCOc1ccc(C2C(=C(O)c3c(C)nc4ccccn34)C(=O)C(=O)N2c2nnc(SCc3cccc4ccccc34)s2)cc1. The number of ether oxygens (including phenoxy) is 1. The average Bonchev–Trinajstić information content (AvgIpc) is 3.77. The predicted octanol–water partition coefficient (Wildman–Crippen LogP) is 7.74. The first kappa shape index (κ1) is 30.6. The molecule has 236 valence electrons. The second-order valence-electron chi connectivity index (χ2n) is 11.2. The number of aliphatic hydroxyl groups is 1. The van der Waals surface area contributed by atoms with Crippen molar-refractivity contribution in [2.45, 2.75) is 42.8 Å². The van der Waals surface area contributed by atoms with Crippen LogP contribution in [0, 0.1) is 6.92 Å². The van der Waals surface area contributed by atoms with Crippen molar-refractivity contribution in [1.82, 2.24) is 19.6 Å². The van der Waals surface area contributed by atoms with E-state index in [0.29, 0.717) is 45.0 Å². The van der Waals surface area contributed by atoms with Crippen molar-refractivity contribution >= 4 is 62.1 Å². The highest BCUT2D eigenvalue weighted by Gasteiger charge is 2.49. The summed E-state index contributed by atoms with van der Waals surface area (Å²) in [6.07, 6.45) is 3.71. The molecule has 6 aromatic rings. The number of anilines is 1. The lowest BCUT2D eigenvalue weighted by molar-refractivity contribution is -0.132. The number of rotatable bonds is 10. The topological polar surface area (TPSA) is 110 Å². The molecular formula is C36H31N5O4S2. The van der Waals surface area contributed by atoms with Gasteiger partial charge in [-0.2, -0.15) is 0 Å². The van der Waals surface area contributed by atoms with Gasteiger partial charge in [0.25, 0.3) is 5.78 Å². The van der Waals surface area contributed by atoms with Gasteiger partial charge in [-0.15, -0.1) is 10.2 Å². The molecule has 1 atom stereocenters. The number of thioether (sulfide) groups is 1. The van der Waals surface area contributed by atoms with E-state index in [1.807, 2.05) is 60.7 Å². The first-order chi connectivity index (χ1) is 22.9. The quantitative estimate of drug-likeness (QED) is 0.0397. The van der Waals surface area contributed by atoms with Gasteiger partial charge in [0.2, 0.25) is 5.13 Å². The highest BCUT2D eigenvalue weighted by atomic mass is 32.2. The highest BCUT2D eigenvalue weighted by Crippen LogP contribution is 2.45. The molecule has 1 fully saturated rings. The lowest BCUT2D eigenvalue weighted by atomic mass is 9.96. The third-order valence-corrected chi connectivity index (χ3v) is 10.3. The van der Waals surface area contributed by atoms with Crippen LogP contribution in [0.2, 0.25) is 0 Å². The summed E-state index contributed by atoms with van der Waals surface area (Å²) in [6.45, 7) is 4.45. The van der Waals surface area contributed by atoms with Crippen molar-refractivity contribution in [3.05, 3.63) is 119 Å². The van der Waals surface area contributed by atoms with Gasteiger partial charge in [-0.3, -0.25) is 18.9 Å². The summed E-state index contributed by atoms with van der Waals surface area (Å²) >= 11 is 2.76. The Morgan fingerprint density at radius 3 is 2.60 bits per heavy atom. The Hall–Kier alpha value is -5.00. The number of imidazole rings is 1. The summed E-state index contributed by atoms with van der Waals surface area (Å²) in [6, 6.07) is 26.2.